The maximum Gasteiger partial charge on any atom is 0.305 e. The van der Waals surface area contributed by atoms with Crippen LogP contribution < -0.4 is 0 Å². The van der Waals surface area contributed by atoms with E-state index in [-0.39, 0.29) is 18.0 Å². The third-order valence-corrected chi connectivity index (χ3v) is 6.13. The molecule has 2 rings (SSSR count). The van der Waals surface area contributed by atoms with E-state index in [1.807, 2.05) is 0 Å². The van der Waals surface area contributed by atoms with Crippen LogP contribution in [0.2, 0.25) is 0 Å². The first-order chi connectivity index (χ1) is 14.0. The molecule has 0 spiro atoms. The largest absolute Gasteiger partial charge is 0.469 e. The van der Waals surface area contributed by atoms with E-state index in [0.29, 0.717) is 12.3 Å². The van der Waals surface area contributed by atoms with E-state index in [1.54, 1.807) is 5.57 Å². The van der Waals surface area contributed by atoms with Crippen LogP contribution >= 0.6 is 0 Å². The lowest BCUT2D eigenvalue weighted by Crippen LogP contribution is -2.14. The molecule has 0 radical (unpaired) electrons. The van der Waals surface area contributed by atoms with E-state index in [2.05, 4.69) is 36.0 Å². The lowest BCUT2D eigenvalue weighted by atomic mass is 9.81. The molecule has 0 saturated carbocycles. The van der Waals surface area contributed by atoms with Crippen molar-refractivity contribution in [3.05, 3.63) is 35.5 Å². The third kappa shape index (κ3) is 7.83. The smallest absolute Gasteiger partial charge is 0.305 e. The van der Waals surface area contributed by atoms with Gasteiger partial charge in [-0.15, -0.1) is 0 Å². The van der Waals surface area contributed by atoms with E-state index in [4.69, 9.17) is 4.74 Å². The second kappa shape index (κ2) is 12.7. The van der Waals surface area contributed by atoms with Gasteiger partial charge in [-0.05, 0) is 74.9 Å². The summed E-state index contributed by atoms with van der Waals surface area (Å²) in [7, 11) is 1.41. The van der Waals surface area contributed by atoms with Gasteiger partial charge in [-0.3, -0.25) is 9.59 Å². The zero-order valence-corrected chi connectivity index (χ0v) is 18.5. The maximum atomic E-state index is 11.5. The molecule has 2 aliphatic carbocycles. The van der Waals surface area contributed by atoms with E-state index in [0.717, 1.165) is 31.6 Å². The maximum absolute atomic E-state index is 11.5. The lowest BCUT2D eigenvalue weighted by molar-refractivity contribution is -0.145. The fourth-order valence-electron chi connectivity index (χ4n) is 4.61. The molecule has 0 aromatic heterocycles. The first-order valence-electron chi connectivity index (χ1n) is 11.3. The van der Waals surface area contributed by atoms with E-state index < -0.39 is 0 Å². The molecular formula is C25H38O4. The van der Waals surface area contributed by atoms with Crippen molar-refractivity contribution in [1.82, 2.24) is 0 Å². The number of ether oxygens (including phenoxy) is 2. The molecule has 2 aliphatic rings. The van der Waals surface area contributed by atoms with Crippen molar-refractivity contribution in [3.8, 4) is 0 Å². The van der Waals surface area contributed by atoms with Crippen molar-refractivity contribution in [3.63, 3.8) is 0 Å². The Hall–Kier alpha value is -1.84. The summed E-state index contributed by atoms with van der Waals surface area (Å²) in [6, 6.07) is 0. The third-order valence-electron chi connectivity index (χ3n) is 6.13. The molecule has 4 heteroatoms. The molecular weight excluding hydrogens is 364 g/mol. The number of methoxy groups -OCH3 is 1. The molecule has 29 heavy (non-hydrogen) atoms. The molecule has 0 bridgehead atoms. The molecule has 3 atom stereocenters. The van der Waals surface area contributed by atoms with Crippen LogP contribution in [0.1, 0.15) is 84.5 Å². The Kier molecular flexibility index (Phi) is 10.2. The van der Waals surface area contributed by atoms with Crippen LogP contribution in [0.25, 0.3) is 0 Å². The molecule has 162 valence electrons. The average Bonchev–Trinajstić information content (AvgIpc) is 3.06. The Morgan fingerprint density at radius 3 is 2.69 bits per heavy atom. The highest BCUT2D eigenvalue weighted by Gasteiger charge is 2.33. The summed E-state index contributed by atoms with van der Waals surface area (Å²) in [5.74, 6) is 0.995. The van der Waals surface area contributed by atoms with Crippen LogP contribution in [0.5, 0.6) is 0 Å². The fourth-order valence-corrected chi connectivity index (χ4v) is 4.61. The van der Waals surface area contributed by atoms with Gasteiger partial charge in [0, 0.05) is 13.3 Å². The minimum absolute atomic E-state index is 0.186. The first-order valence-corrected chi connectivity index (χ1v) is 11.3. The van der Waals surface area contributed by atoms with Crippen molar-refractivity contribution >= 4 is 11.9 Å². The highest BCUT2D eigenvalue weighted by atomic mass is 16.5. The van der Waals surface area contributed by atoms with E-state index in [9.17, 15) is 9.59 Å². The number of rotatable bonds is 12. The van der Waals surface area contributed by atoms with Gasteiger partial charge in [0.1, 0.15) is 6.10 Å². The molecule has 4 nitrogen and oxygen atoms in total. The molecule has 0 aromatic rings. The number of allylic oxidation sites excluding steroid dienone is 5. The Bertz CT molecular complexity index is 629. The molecule has 3 unspecified atom stereocenters. The summed E-state index contributed by atoms with van der Waals surface area (Å²) in [5, 5.41) is 0. The Labute approximate surface area is 176 Å². The average molecular weight is 403 g/mol. The standard InChI is InChI=1S/C25H38O4/c1-4-5-6-13-24-21(18-20-11-7-9-14-23(20)24)16-17-22(29-19(2)26)12-8-10-15-25(27)28-3/h7,9,16-17,20,22-23H,4-6,8,10-15,18H2,1-3H3/b17-16+. The Morgan fingerprint density at radius 1 is 1.17 bits per heavy atom. The monoisotopic (exact) mass is 402 g/mol. The summed E-state index contributed by atoms with van der Waals surface area (Å²) >= 11 is 0. The fraction of sp³-hybridized carbons (Fsp3) is 0.680. The number of hydrogen-bond acceptors (Lipinski definition) is 4. The topological polar surface area (TPSA) is 52.6 Å². The number of carbonyl (C=O) groups excluding carboxylic acids is 2. The van der Waals surface area contributed by atoms with Gasteiger partial charge in [0.05, 0.1) is 7.11 Å². The number of carbonyl (C=O) groups is 2. The SMILES string of the molecule is CCCCCC1=C(/C=C/C(CCCCC(=O)OC)OC(C)=O)CC2CC=CCC12. The van der Waals surface area contributed by atoms with Gasteiger partial charge in [-0.25, -0.2) is 0 Å². The van der Waals surface area contributed by atoms with Crippen molar-refractivity contribution in [2.45, 2.75) is 90.6 Å². The minimum atomic E-state index is -0.256. The normalized spacial score (nSPS) is 22.0. The summed E-state index contributed by atoms with van der Waals surface area (Å²) in [6.45, 7) is 3.71. The predicted molar refractivity (Wildman–Crippen MR) is 116 cm³/mol. The van der Waals surface area contributed by atoms with Crippen LogP contribution in [0.15, 0.2) is 35.5 Å². The van der Waals surface area contributed by atoms with Crippen LogP contribution in [0.3, 0.4) is 0 Å². The van der Waals surface area contributed by atoms with Crippen molar-refractivity contribution in [1.29, 1.82) is 0 Å². The van der Waals surface area contributed by atoms with Gasteiger partial charge >= 0.3 is 11.9 Å². The quantitative estimate of drug-likeness (QED) is 0.226. The Balaban J connectivity index is 2.01. The number of fused-ring (bicyclic) bond motifs is 1. The Morgan fingerprint density at radius 2 is 1.97 bits per heavy atom. The van der Waals surface area contributed by atoms with Crippen LogP contribution in [-0.2, 0) is 19.1 Å². The molecule has 0 aliphatic heterocycles. The molecule has 0 heterocycles. The first kappa shape index (κ1) is 23.4. The molecule has 0 aromatic carbocycles. The van der Waals surface area contributed by atoms with E-state index >= 15 is 0 Å². The van der Waals surface area contributed by atoms with Gasteiger partial charge in [-0.1, -0.05) is 43.6 Å². The van der Waals surface area contributed by atoms with Gasteiger partial charge in [0.15, 0.2) is 0 Å². The van der Waals surface area contributed by atoms with Crippen molar-refractivity contribution < 1.29 is 19.1 Å². The minimum Gasteiger partial charge on any atom is -0.469 e. The van der Waals surface area contributed by atoms with Gasteiger partial charge in [-0.2, -0.15) is 0 Å². The van der Waals surface area contributed by atoms with Crippen LogP contribution in [0.4, 0.5) is 0 Å². The lowest BCUT2D eigenvalue weighted by Gasteiger charge is -2.24. The summed E-state index contributed by atoms with van der Waals surface area (Å²) in [4.78, 5) is 22.8. The van der Waals surface area contributed by atoms with Crippen molar-refractivity contribution in [2.75, 3.05) is 7.11 Å². The van der Waals surface area contributed by atoms with E-state index in [1.165, 1.54) is 58.1 Å². The number of hydrogen-bond donors (Lipinski definition) is 0. The second-order valence-electron chi connectivity index (χ2n) is 8.35. The van der Waals surface area contributed by atoms with Gasteiger partial charge < -0.3 is 9.47 Å². The molecule has 0 amide bonds. The van der Waals surface area contributed by atoms with Crippen LogP contribution in [0, 0.1) is 11.8 Å². The zero-order chi connectivity index (χ0) is 21.1. The summed E-state index contributed by atoms with van der Waals surface area (Å²) < 4.78 is 10.2. The molecule has 0 fully saturated rings. The number of unbranched alkanes of at least 4 members (excludes halogenated alkanes) is 3. The zero-order valence-electron chi connectivity index (χ0n) is 18.5. The number of esters is 2. The highest BCUT2D eigenvalue weighted by molar-refractivity contribution is 5.69. The molecule has 0 saturated heterocycles. The van der Waals surface area contributed by atoms with Crippen LogP contribution in [-0.4, -0.2) is 25.2 Å². The highest BCUT2D eigenvalue weighted by Crippen LogP contribution is 2.46. The predicted octanol–water partition coefficient (Wildman–Crippen LogP) is 6.07. The van der Waals surface area contributed by atoms with Crippen molar-refractivity contribution in [2.24, 2.45) is 11.8 Å². The molecule has 0 N–H and O–H groups in total. The summed E-state index contributed by atoms with van der Waals surface area (Å²) in [5.41, 5.74) is 3.10. The van der Waals surface area contributed by atoms with Gasteiger partial charge in [0.2, 0.25) is 0 Å². The summed E-state index contributed by atoms with van der Waals surface area (Å²) in [6.07, 6.45) is 19.9. The second-order valence-corrected chi connectivity index (χ2v) is 8.35. The van der Waals surface area contributed by atoms with Gasteiger partial charge in [0.25, 0.3) is 0 Å².